The van der Waals surface area contributed by atoms with Gasteiger partial charge in [-0.15, -0.1) is 0 Å². The van der Waals surface area contributed by atoms with E-state index in [4.69, 9.17) is 0 Å². The summed E-state index contributed by atoms with van der Waals surface area (Å²) in [6.07, 6.45) is 6.07. The lowest BCUT2D eigenvalue weighted by atomic mass is 9.94. The highest BCUT2D eigenvalue weighted by molar-refractivity contribution is 5.96. The Kier molecular flexibility index (Phi) is 3.73. The fourth-order valence-corrected chi connectivity index (χ4v) is 2.89. The molecule has 1 saturated carbocycles. The first kappa shape index (κ1) is 13.1. The molecular formula is C14H23N3O. The minimum atomic E-state index is 0.130. The topological polar surface area (TPSA) is 38.1 Å². The average Bonchev–Trinajstić information content (AvgIpc) is 2.63. The number of amides is 1. The van der Waals surface area contributed by atoms with Crippen LogP contribution in [-0.2, 0) is 7.05 Å². The highest BCUT2D eigenvalue weighted by atomic mass is 16.2. The molecule has 1 aromatic rings. The van der Waals surface area contributed by atoms with Gasteiger partial charge in [0.1, 0.15) is 0 Å². The van der Waals surface area contributed by atoms with Gasteiger partial charge in [-0.2, -0.15) is 5.10 Å². The van der Waals surface area contributed by atoms with Crippen LogP contribution in [0.3, 0.4) is 0 Å². The molecule has 0 atom stereocenters. The second-order valence-corrected chi connectivity index (χ2v) is 5.38. The summed E-state index contributed by atoms with van der Waals surface area (Å²) in [7, 11) is 3.82. The van der Waals surface area contributed by atoms with Crippen LogP contribution in [0.4, 0.5) is 0 Å². The smallest absolute Gasteiger partial charge is 0.257 e. The third-order valence-corrected chi connectivity index (χ3v) is 4.17. The third-order valence-electron chi connectivity index (χ3n) is 4.17. The Bertz CT molecular complexity index is 444. The molecule has 0 N–H and O–H groups in total. The molecule has 4 nitrogen and oxygen atoms in total. The average molecular weight is 249 g/mol. The second kappa shape index (κ2) is 5.12. The van der Waals surface area contributed by atoms with Crippen LogP contribution in [0.15, 0.2) is 0 Å². The lowest BCUT2D eigenvalue weighted by molar-refractivity contribution is 0.0694. The van der Waals surface area contributed by atoms with Crippen LogP contribution in [0, 0.1) is 13.8 Å². The molecule has 4 heteroatoms. The molecular weight excluding hydrogens is 226 g/mol. The number of carbonyl (C=O) groups is 1. The molecule has 0 aliphatic heterocycles. The van der Waals surface area contributed by atoms with Gasteiger partial charge in [0.15, 0.2) is 0 Å². The summed E-state index contributed by atoms with van der Waals surface area (Å²) in [5.41, 5.74) is 2.58. The van der Waals surface area contributed by atoms with Gasteiger partial charge in [-0.3, -0.25) is 9.48 Å². The number of carbonyl (C=O) groups excluding carboxylic acids is 1. The van der Waals surface area contributed by atoms with Crippen molar-refractivity contribution in [2.75, 3.05) is 7.05 Å². The summed E-state index contributed by atoms with van der Waals surface area (Å²) < 4.78 is 1.79. The van der Waals surface area contributed by atoms with Crippen molar-refractivity contribution in [3.05, 3.63) is 17.0 Å². The molecule has 0 bridgehead atoms. The Morgan fingerprint density at radius 1 is 1.28 bits per heavy atom. The lowest BCUT2D eigenvalue weighted by Gasteiger charge is -2.31. The number of aryl methyl sites for hydroxylation is 2. The number of rotatable bonds is 2. The Labute approximate surface area is 109 Å². The van der Waals surface area contributed by atoms with E-state index in [1.165, 1.54) is 19.3 Å². The van der Waals surface area contributed by atoms with Crippen LogP contribution in [-0.4, -0.2) is 33.7 Å². The number of hydrogen-bond donors (Lipinski definition) is 0. The van der Waals surface area contributed by atoms with Crippen LogP contribution >= 0.6 is 0 Å². The van der Waals surface area contributed by atoms with Crippen molar-refractivity contribution >= 4 is 5.91 Å². The number of nitrogens with zero attached hydrogens (tertiary/aromatic N) is 3. The van der Waals surface area contributed by atoms with Crippen molar-refractivity contribution in [1.29, 1.82) is 0 Å². The molecule has 18 heavy (non-hydrogen) atoms. The van der Waals surface area contributed by atoms with Gasteiger partial charge in [0.05, 0.1) is 11.3 Å². The summed E-state index contributed by atoms with van der Waals surface area (Å²) in [5, 5.41) is 4.33. The van der Waals surface area contributed by atoms with Crippen molar-refractivity contribution in [2.24, 2.45) is 7.05 Å². The Hall–Kier alpha value is -1.32. The molecule has 0 saturated heterocycles. The van der Waals surface area contributed by atoms with E-state index in [1.807, 2.05) is 32.8 Å². The molecule has 0 aromatic carbocycles. The Morgan fingerprint density at radius 3 is 2.39 bits per heavy atom. The summed E-state index contributed by atoms with van der Waals surface area (Å²) in [6, 6.07) is 0.408. The molecule has 1 aliphatic carbocycles. The van der Waals surface area contributed by atoms with Crippen molar-refractivity contribution in [3.63, 3.8) is 0 Å². The van der Waals surface area contributed by atoms with Crippen molar-refractivity contribution in [2.45, 2.75) is 52.0 Å². The number of hydrogen-bond acceptors (Lipinski definition) is 2. The van der Waals surface area contributed by atoms with E-state index in [9.17, 15) is 4.79 Å². The van der Waals surface area contributed by atoms with Gasteiger partial charge in [0, 0.05) is 25.8 Å². The van der Waals surface area contributed by atoms with Crippen LogP contribution in [0.25, 0.3) is 0 Å². The Morgan fingerprint density at radius 2 is 1.89 bits per heavy atom. The summed E-state index contributed by atoms with van der Waals surface area (Å²) in [6.45, 7) is 3.87. The monoisotopic (exact) mass is 249 g/mol. The van der Waals surface area contributed by atoms with E-state index in [1.54, 1.807) is 4.68 Å². The molecule has 1 aliphatic rings. The maximum Gasteiger partial charge on any atom is 0.257 e. The summed E-state index contributed by atoms with van der Waals surface area (Å²) in [5.74, 6) is 0.130. The molecule has 1 fully saturated rings. The fourth-order valence-electron chi connectivity index (χ4n) is 2.89. The summed E-state index contributed by atoms with van der Waals surface area (Å²) in [4.78, 5) is 14.5. The second-order valence-electron chi connectivity index (χ2n) is 5.38. The number of aromatic nitrogens is 2. The molecule has 0 spiro atoms. The zero-order chi connectivity index (χ0) is 13.3. The molecule has 1 heterocycles. The van der Waals surface area contributed by atoms with E-state index in [0.717, 1.165) is 29.8 Å². The van der Waals surface area contributed by atoms with Crippen molar-refractivity contribution < 1.29 is 4.79 Å². The first-order valence-electron chi connectivity index (χ1n) is 6.79. The lowest BCUT2D eigenvalue weighted by Crippen LogP contribution is -2.38. The quantitative estimate of drug-likeness (QED) is 0.807. The fraction of sp³-hybridized carbons (Fsp3) is 0.714. The van der Waals surface area contributed by atoms with Crippen LogP contribution in [0.2, 0.25) is 0 Å². The predicted octanol–water partition coefficient (Wildman–Crippen LogP) is 2.44. The van der Waals surface area contributed by atoms with E-state index in [-0.39, 0.29) is 5.91 Å². The van der Waals surface area contributed by atoms with E-state index < -0.39 is 0 Å². The standard InChI is InChI=1S/C14H23N3O/c1-10-13(11(2)17(4)15-10)14(18)16(3)12-8-6-5-7-9-12/h12H,5-9H2,1-4H3. The molecule has 1 amide bonds. The summed E-state index contributed by atoms with van der Waals surface area (Å²) >= 11 is 0. The van der Waals surface area contributed by atoms with Gasteiger partial charge >= 0.3 is 0 Å². The molecule has 100 valence electrons. The largest absolute Gasteiger partial charge is 0.339 e. The highest BCUT2D eigenvalue weighted by Gasteiger charge is 2.26. The minimum Gasteiger partial charge on any atom is -0.339 e. The normalized spacial score (nSPS) is 16.9. The Balaban J connectivity index is 2.19. The maximum absolute atomic E-state index is 12.6. The third kappa shape index (κ3) is 2.28. The van der Waals surface area contributed by atoms with Crippen LogP contribution in [0.5, 0.6) is 0 Å². The molecule has 0 radical (unpaired) electrons. The first-order valence-corrected chi connectivity index (χ1v) is 6.79. The zero-order valence-electron chi connectivity index (χ0n) is 11.9. The highest BCUT2D eigenvalue weighted by Crippen LogP contribution is 2.24. The minimum absolute atomic E-state index is 0.130. The van der Waals surface area contributed by atoms with Crippen molar-refractivity contribution in [1.82, 2.24) is 14.7 Å². The zero-order valence-corrected chi connectivity index (χ0v) is 11.9. The van der Waals surface area contributed by atoms with E-state index >= 15 is 0 Å². The molecule has 2 rings (SSSR count). The van der Waals surface area contributed by atoms with Crippen LogP contribution in [0.1, 0.15) is 53.8 Å². The van der Waals surface area contributed by atoms with Gasteiger partial charge in [-0.05, 0) is 26.7 Å². The van der Waals surface area contributed by atoms with Gasteiger partial charge in [0.25, 0.3) is 5.91 Å². The molecule has 0 unspecified atom stereocenters. The van der Waals surface area contributed by atoms with Gasteiger partial charge in [0.2, 0.25) is 0 Å². The van der Waals surface area contributed by atoms with Crippen molar-refractivity contribution in [3.8, 4) is 0 Å². The van der Waals surface area contributed by atoms with Gasteiger partial charge < -0.3 is 4.90 Å². The predicted molar refractivity (Wildman–Crippen MR) is 71.6 cm³/mol. The van der Waals surface area contributed by atoms with E-state index in [2.05, 4.69) is 5.10 Å². The first-order chi connectivity index (χ1) is 8.52. The van der Waals surface area contributed by atoms with Crippen LogP contribution < -0.4 is 0 Å². The SMILES string of the molecule is Cc1nn(C)c(C)c1C(=O)N(C)C1CCCCC1. The van der Waals surface area contributed by atoms with Gasteiger partial charge in [-0.1, -0.05) is 19.3 Å². The van der Waals surface area contributed by atoms with E-state index in [0.29, 0.717) is 6.04 Å². The van der Waals surface area contributed by atoms with Gasteiger partial charge in [-0.25, -0.2) is 0 Å². The molecule has 1 aromatic heterocycles. The maximum atomic E-state index is 12.6.